The summed E-state index contributed by atoms with van der Waals surface area (Å²) in [4.78, 5) is 24.4. The Bertz CT molecular complexity index is 552. The first kappa shape index (κ1) is 17.1. The molecule has 0 saturated carbocycles. The summed E-state index contributed by atoms with van der Waals surface area (Å²) >= 11 is 11.7. The molecule has 2 rings (SSSR count). The molecule has 120 valence electrons. The van der Waals surface area contributed by atoms with Crippen LogP contribution in [0.15, 0.2) is 18.2 Å². The summed E-state index contributed by atoms with van der Waals surface area (Å²) in [5, 5.41) is 0. The third kappa shape index (κ3) is 3.39. The fourth-order valence-electron chi connectivity index (χ4n) is 2.77. The summed E-state index contributed by atoms with van der Waals surface area (Å²) in [6.07, 6.45) is 1.70. The van der Waals surface area contributed by atoms with Gasteiger partial charge in [0.2, 0.25) is 0 Å². The monoisotopic (exact) mass is 343 g/mol. The van der Waals surface area contributed by atoms with E-state index in [2.05, 4.69) is 0 Å². The van der Waals surface area contributed by atoms with E-state index in [0.717, 1.165) is 29.7 Å². The maximum atomic E-state index is 12.6. The summed E-state index contributed by atoms with van der Waals surface area (Å²) < 4.78 is 5.03. The molecule has 0 aliphatic carbocycles. The molecular formula is C16H19Cl2NO3. The van der Waals surface area contributed by atoms with E-state index in [1.165, 1.54) is 0 Å². The Morgan fingerprint density at radius 2 is 1.91 bits per heavy atom. The molecule has 0 bridgehead atoms. The van der Waals surface area contributed by atoms with Crippen molar-refractivity contribution < 1.29 is 14.3 Å². The average molecular weight is 344 g/mol. The zero-order chi connectivity index (χ0) is 16.3. The van der Waals surface area contributed by atoms with Crippen molar-refractivity contribution in [2.45, 2.75) is 44.0 Å². The molecule has 6 heteroatoms. The van der Waals surface area contributed by atoms with Gasteiger partial charge in [0.05, 0.1) is 18.2 Å². The van der Waals surface area contributed by atoms with Crippen LogP contribution in [0.3, 0.4) is 0 Å². The molecule has 22 heavy (non-hydrogen) atoms. The molecule has 0 aromatic heterocycles. The summed E-state index contributed by atoms with van der Waals surface area (Å²) in [6.45, 7) is 4.22. The van der Waals surface area contributed by atoms with Gasteiger partial charge in [-0.3, -0.25) is 9.59 Å². The molecule has 1 saturated heterocycles. The number of cyclic esters (lactones) is 1. The number of benzene rings is 1. The second-order valence-corrected chi connectivity index (χ2v) is 6.28. The Morgan fingerprint density at radius 1 is 1.32 bits per heavy atom. The number of esters is 1. The molecule has 1 aromatic carbocycles. The highest BCUT2D eigenvalue weighted by Crippen LogP contribution is 2.32. The third-order valence-corrected chi connectivity index (χ3v) is 4.21. The summed E-state index contributed by atoms with van der Waals surface area (Å²) in [5.74, 6) is -0.724. The molecule has 4 nitrogen and oxygen atoms in total. The third-order valence-electron chi connectivity index (χ3n) is 3.83. The van der Waals surface area contributed by atoms with E-state index in [-0.39, 0.29) is 25.0 Å². The molecule has 1 atom stereocenters. The second-order valence-electron chi connectivity index (χ2n) is 5.18. The standard InChI is InChI=1S/C16H19Cl2NO3/c1-3-10-6-5-7-11(4-2)14(10)19(16(21)15(17)18)12-8-13(20)22-9-12/h5-7,12,15H,3-4,8-9H2,1-2H3. The lowest BCUT2D eigenvalue weighted by Gasteiger charge is -2.31. The minimum Gasteiger partial charge on any atom is -0.463 e. The molecule has 0 radical (unpaired) electrons. The van der Waals surface area contributed by atoms with Crippen LogP contribution in [0.2, 0.25) is 0 Å². The number of hydrogen-bond donors (Lipinski definition) is 0. The van der Waals surface area contributed by atoms with Gasteiger partial charge >= 0.3 is 5.97 Å². The fraction of sp³-hybridized carbons (Fsp3) is 0.500. The Hall–Kier alpha value is -1.26. The van der Waals surface area contributed by atoms with Crippen LogP contribution < -0.4 is 4.90 Å². The average Bonchev–Trinajstić information content (AvgIpc) is 2.93. The van der Waals surface area contributed by atoms with Gasteiger partial charge in [0.1, 0.15) is 6.61 Å². The maximum Gasteiger partial charge on any atom is 0.308 e. The van der Waals surface area contributed by atoms with E-state index in [1.54, 1.807) is 4.90 Å². The van der Waals surface area contributed by atoms with Crippen LogP contribution in [-0.2, 0) is 27.2 Å². The number of hydrogen-bond acceptors (Lipinski definition) is 3. The largest absolute Gasteiger partial charge is 0.463 e. The quantitative estimate of drug-likeness (QED) is 0.608. The highest BCUT2D eigenvalue weighted by molar-refractivity contribution is 6.54. The zero-order valence-electron chi connectivity index (χ0n) is 12.6. The van der Waals surface area contributed by atoms with Crippen LogP contribution in [0, 0.1) is 0 Å². The van der Waals surface area contributed by atoms with Gasteiger partial charge in [-0.05, 0) is 24.0 Å². The molecular weight excluding hydrogens is 325 g/mol. The van der Waals surface area contributed by atoms with Crippen molar-refractivity contribution in [1.82, 2.24) is 0 Å². The number of anilines is 1. The van der Waals surface area contributed by atoms with Gasteiger partial charge in [-0.15, -0.1) is 0 Å². The van der Waals surface area contributed by atoms with Gasteiger partial charge < -0.3 is 9.64 Å². The van der Waals surface area contributed by atoms with E-state index >= 15 is 0 Å². The Labute approximate surface area is 140 Å². The Morgan fingerprint density at radius 3 is 2.32 bits per heavy atom. The van der Waals surface area contributed by atoms with Crippen molar-refractivity contribution in [3.05, 3.63) is 29.3 Å². The van der Waals surface area contributed by atoms with Crippen LogP contribution >= 0.6 is 23.2 Å². The zero-order valence-corrected chi connectivity index (χ0v) is 14.2. The first-order valence-electron chi connectivity index (χ1n) is 7.37. The van der Waals surface area contributed by atoms with Gasteiger partial charge in [0, 0.05) is 0 Å². The first-order valence-corrected chi connectivity index (χ1v) is 8.24. The van der Waals surface area contributed by atoms with Crippen LogP contribution in [0.5, 0.6) is 0 Å². The van der Waals surface area contributed by atoms with E-state index in [9.17, 15) is 9.59 Å². The maximum absolute atomic E-state index is 12.6. The van der Waals surface area contributed by atoms with Crippen molar-refractivity contribution in [2.75, 3.05) is 11.5 Å². The number of rotatable bonds is 5. The number of aryl methyl sites for hydroxylation is 2. The van der Waals surface area contributed by atoms with Gasteiger partial charge in [-0.2, -0.15) is 0 Å². The van der Waals surface area contributed by atoms with Crippen molar-refractivity contribution in [1.29, 1.82) is 0 Å². The Balaban J connectivity index is 2.53. The van der Waals surface area contributed by atoms with Crippen molar-refractivity contribution >= 4 is 40.8 Å². The number of ether oxygens (including phenoxy) is 1. The van der Waals surface area contributed by atoms with E-state index < -0.39 is 10.7 Å². The lowest BCUT2D eigenvalue weighted by molar-refractivity contribution is -0.138. The minimum atomic E-state index is -1.18. The van der Waals surface area contributed by atoms with E-state index in [0.29, 0.717) is 0 Å². The number of alkyl halides is 2. The number of para-hydroxylation sites is 1. The molecule has 0 N–H and O–H groups in total. The van der Waals surface area contributed by atoms with Gasteiger partial charge in [-0.1, -0.05) is 55.2 Å². The predicted octanol–water partition coefficient (Wildman–Crippen LogP) is 3.26. The minimum absolute atomic E-state index is 0.160. The van der Waals surface area contributed by atoms with Crippen molar-refractivity contribution in [3.63, 3.8) is 0 Å². The molecule has 1 heterocycles. The van der Waals surface area contributed by atoms with Crippen molar-refractivity contribution in [2.24, 2.45) is 0 Å². The first-order chi connectivity index (χ1) is 10.5. The molecule has 1 aliphatic heterocycles. The van der Waals surface area contributed by atoms with Crippen LogP contribution in [0.1, 0.15) is 31.4 Å². The fourth-order valence-corrected chi connectivity index (χ4v) is 2.98. The van der Waals surface area contributed by atoms with Crippen LogP contribution in [0.25, 0.3) is 0 Å². The summed E-state index contributed by atoms with van der Waals surface area (Å²) in [6, 6.07) is 5.56. The van der Waals surface area contributed by atoms with Crippen LogP contribution in [0.4, 0.5) is 5.69 Å². The Kier molecular flexibility index (Phi) is 5.70. The predicted molar refractivity (Wildman–Crippen MR) is 87.5 cm³/mol. The van der Waals surface area contributed by atoms with Gasteiger partial charge in [0.25, 0.3) is 5.91 Å². The van der Waals surface area contributed by atoms with E-state index in [1.807, 2.05) is 32.0 Å². The number of amides is 1. The number of carbonyl (C=O) groups is 2. The highest BCUT2D eigenvalue weighted by Gasteiger charge is 2.37. The van der Waals surface area contributed by atoms with Crippen LogP contribution in [-0.4, -0.2) is 29.4 Å². The smallest absolute Gasteiger partial charge is 0.308 e. The normalized spacial score (nSPS) is 17.7. The molecule has 1 aromatic rings. The molecule has 1 fully saturated rings. The molecule has 1 amide bonds. The molecule has 1 aliphatic rings. The van der Waals surface area contributed by atoms with Crippen molar-refractivity contribution in [3.8, 4) is 0 Å². The second kappa shape index (κ2) is 7.34. The highest BCUT2D eigenvalue weighted by atomic mass is 35.5. The van der Waals surface area contributed by atoms with Gasteiger partial charge in [-0.25, -0.2) is 0 Å². The lowest BCUT2D eigenvalue weighted by Crippen LogP contribution is -2.44. The van der Waals surface area contributed by atoms with Gasteiger partial charge in [0.15, 0.2) is 4.84 Å². The summed E-state index contributed by atoms with van der Waals surface area (Å²) in [7, 11) is 0. The number of nitrogens with zero attached hydrogens (tertiary/aromatic N) is 1. The topological polar surface area (TPSA) is 46.6 Å². The SMILES string of the molecule is CCc1cccc(CC)c1N(C(=O)C(Cl)Cl)C1COC(=O)C1. The van der Waals surface area contributed by atoms with E-state index in [4.69, 9.17) is 27.9 Å². The lowest BCUT2D eigenvalue weighted by atomic mass is 10.00. The number of carbonyl (C=O) groups excluding carboxylic acids is 2. The molecule has 1 unspecified atom stereocenters. The molecule has 0 spiro atoms. The summed E-state index contributed by atoms with van der Waals surface area (Å²) in [5.41, 5.74) is 2.87. The number of halogens is 2.